The minimum atomic E-state index is -3.58. The summed E-state index contributed by atoms with van der Waals surface area (Å²) < 4.78 is 39.1. The lowest BCUT2D eigenvalue weighted by atomic mass is 9.72. The monoisotopic (exact) mass is 536 g/mol. The molecule has 3 aliphatic rings. The number of carbonyl (C=O) groups excluding carboxylic acids is 1. The van der Waals surface area contributed by atoms with E-state index in [0.29, 0.717) is 36.2 Å². The largest absolute Gasteiger partial charge is 0.444 e. The highest BCUT2D eigenvalue weighted by Crippen LogP contribution is 2.41. The van der Waals surface area contributed by atoms with E-state index in [1.54, 1.807) is 13.2 Å². The number of nitrogens with one attached hydrogen (secondary N) is 1. The van der Waals surface area contributed by atoms with Gasteiger partial charge in [-0.2, -0.15) is 4.31 Å². The van der Waals surface area contributed by atoms with Crippen molar-refractivity contribution in [3.05, 3.63) is 29.8 Å². The number of ether oxygens (including phenoxy) is 2. The molecule has 0 saturated carbocycles. The van der Waals surface area contributed by atoms with Crippen LogP contribution in [-0.4, -0.2) is 92.9 Å². The third kappa shape index (κ3) is 7.03. The fraction of sp³-hybridized carbons (Fsp3) is 0.741. The lowest BCUT2D eigenvalue weighted by Gasteiger charge is -2.54. The van der Waals surface area contributed by atoms with Crippen LogP contribution in [0.25, 0.3) is 0 Å². The first kappa shape index (κ1) is 28.3. The summed E-state index contributed by atoms with van der Waals surface area (Å²) in [5, 5.41) is 2.87. The fourth-order valence-corrected chi connectivity index (χ4v) is 7.31. The number of alkyl carbamates (subject to hydrolysis) is 1. The predicted molar refractivity (Wildman–Crippen MR) is 143 cm³/mol. The Morgan fingerprint density at radius 3 is 2.38 bits per heavy atom. The molecule has 1 atom stereocenters. The van der Waals surface area contributed by atoms with Crippen LogP contribution >= 0.6 is 0 Å². The van der Waals surface area contributed by atoms with Gasteiger partial charge < -0.3 is 14.8 Å². The van der Waals surface area contributed by atoms with E-state index in [2.05, 4.69) is 22.0 Å². The second kappa shape index (κ2) is 11.2. The molecule has 3 aliphatic heterocycles. The van der Waals surface area contributed by atoms with Crippen LogP contribution < -0.4 is 5.32 Å². The maximum Gasteiger partial charge on any atom is 0.407 e. The Balaban J connectivity index is 1.27. The number of hydrogen-bond acceptors (Lipinski definition) is 7. The zero-order valence-corrected chi connectivity index (χ0v) is 23.8. The van der Waals surface area contributed by atoms with Crippen LogP contribution in [0.5, 0.6) is 0 Å². The van der Waals surface area contributed by atoms with E-state index in [-0.39, 0.29) is 12.3 Å². The average Bonchev–Trinajstić information content (AvgIpc) is 2.82. The molecule has 3 saturated heterocycles. The summed E-state index contributed by atoms with van der Waals surface area (Å²) in [6, 6.07) is 7.29. The quantitative estimate of drug-likeness (QED) is 0.572. The molecule has 4 rings (SSSR count). The molecule has 1 N–H and O–H groups in total. The van der Waals surface area contributed by atoms with Crippen molar-refractivity contribution in [3.8, 4) is 0 Å². The Kier molecular flexibility index (Phi) is 8.55. The SMILES string of the molecule is COC(C)N1CCC2(CC1)CN(Cc1cccc(S(=O)(=O)N3CCC(NC(=O)OC(C)(C)C)CC3)c1)C2. The normalized spacial score (nSPS) is 22.9. The minimum absolute atomic E-state index is 0.0871. The van der Waals surface area contributed by atoms with Gasteiger partial charge in [0.15, 0.2) is 0 Å². The summed E-state index contributed by atoms with van der Waals surface area (Å²) >= 11 is 0. The van der Waals surface area contributed by atoms with Gasteiger partial charge in [0, 0.05) is 59.0 Å². The van der Waals surface area contributed by atoms with E-state index in [9.17, 15) is 13.2 Å². The molecule has 0 aromatic heterocycles. The van der Waals surface area contributed by atoms with Gasteiger partial charge >= 0.3 is 6.09 Å². The van der Waals surface area contributed by atoms with E-state index in [1.165, 1.54) is 17.1 Å². The number of hydrogen-bond donors (Lipinski definition) is 1. The Labute approximate surface area is 222 Å². The second-order valence-electron chi connectivity index (χ2n) is 12.0. The first-order chi connectivity index (χ1) is 17.4. The molecule has 0 aliphatic carbocycles. The standard InChI is InChI=1S/C27H44N4O5S/c1-21(35-5)30-15-11-27(12-16-30)19-29(20-27)18-22-7-6-8-24(17-22)37(33,34)31-13-9-23(10-14-31)28-25(32)36-26(2,3)4/h6-8,17,21,23H,9-16,18-20H2,1-5H3,(H,28,32). The van der Waals surface area contributed by atoms with Gasteiger partial charge in [-0.3, -0.25) is 9.80 Å². The molecule has 1 unspecified atom stereocenters. The van der Waals surface area contributed by atoms with Gasteiger partial charge in [0.05, 0.1) is 4.90 Å². The molecular formula is C27H44N4O5S. The predicted octanol–water partition coefficient (Wildman–Crippen LogP) is 3.25. The van der Waals surface area contributed by atoms with E-state index < -0.39 is 21.7 Å². The van der Waals surface area contributed by atoms with E-state index in [0.717, 1.165) is 38.3 Å². The van der Waals surface area contributed by atoms with Crippen LogP contribution in [-0.2, 0) is 26.0 Å². The molecule has 1 amide bonds. The number of nitrogens with zero attached hydrogens (tertiary/aromatic N) is 3. The van der Waals surface area contributed by atoms with Crippen molar-refractivity contribution < 1.29 is 22.7 Å². The van der Waals surface area contributed by atoms with Gasteiger partial charge in [-0.15, -0.1) is 0 Å². The summed E-state index contributed by atoms with van der Waals surface area (Å²) in [6.07, 6.45) is 3.22. The average molecular weight is 537 g/mol. The van der Waals surface area contributed by atoms with Crippen LogP contribution in [0.3, 0.4) is 0 Å². The number of benzene rings is 1. The first-order valence-electron chi connectivity index (χ1n) is 13.5. The summed E-state index contributed by atoms with van der Waals surface area (Å²) in [7, 11) is -1.82. The Morgan fingerprint density at radius 1 is 1.14 bits per heavy atom. The van der Waals surface area contributed by atoms with Crippen molar-refractivity contribution in [2.45, 2.75) is 82.7 Å². The number of rotatable bonds is 7. The van der Waals surface area contributed by atoms with Crippen molar-refractivity contribution in [1.29, 1.82) is 0 Å². The Hall–Kier alpha value is -1.72. The Morgan fingerprint density at radius 2 is 1.78 bits per heavy atom. The van der Waals surface area contributed by atoms with Gasteiger partial charge in [-0.05, 0) is 76.5 Å². The number of amides is 1. The number of likely N-dealkylation sites (tertiary alicyclic amines) is 2. The molecule has 1 aromatic rings. The van der Waals surface area contributed by atoms with E-state index in [1.807, 2.05) is 39.0 Å². The molecule has 37 heavy (non-hydrogen) atoms. The molecule has 9 nitrogen and oxygen atoms in total. The Bertz CT molecular complexity index is 1030. The summed E-state index contributed by atoms with van der Waals surface area (Å²) in [6.45, 7) is 13.4. The fourth-order valence-electron chi connectivity index (χ4n) is 5.77. The van der Waals surface area contributed by atoms with Crippen LogP contribution in [0.2, 0.25) is 0 Å². The number of sulfonamides is 1. The van der Waals surface area contributed by atoms with Crippen LogP contribution in [0.15, 0.2) is 29.2 Å². The third-order valence-corrected chi connectivity index (χ3v) is 9.84. The van der Waals surface area contributed by atoms with Crippen molar-refractivity contribution in [3.63, 3.8) is 0 Å². The first-order valence-corrected chi connectivity index (χ1v) is 14.9. The molecule has 3 fully saturated rings. The number of piperidine rings is 2. The van der Waals surface area contributed by atoms with Crippen molar-refractivity contribution in [2.24, 2.45) is 5.41 Å². The minimum Gasteiger partial charge on any atom is -0.444 e. The molecule has 10 heteroatoms. The van der Waals surface area contributed by atoms with Gasteiger partial charge in [-0.25, -0.2) is 13.2 Å². The van der Waals surface area contributed by atoms with E-state index in [4.69, 9.17) is 9.47 Å². The van der Waals surface area contributed by atoms with Crippen molar-refractivity contribution in [2.75, 3.05) is 46.4 Å². The molecule has 1 spiro atoms. The molecule has 208 valence electrons. The molecule has 3 heterocycles. The lowest BCUT2D eigenvalue weighted by molar-refractivity contribution is -0.0937. The number of methoxy groups -OCH3 is 1. The molecule has 0 bridgehead atoms. The van der Waals surface area contributed by atoms with Gasteiger partial charge in [0.25, 0.3) is 0 Å². The lowest BCUT2D eigenvalue weighted by Crippen LogP contribution is -2.60. The summed E-state index contributed by atoms with van der Waals surface area (Å²) in [4.78, 5) is 17.2. The number of carbonyl (C=O) groups is 1. The zero-order chi connectivity index (χ0) is 26.8. The highest BCUT2D eigenvalue weighted by atomic mass is 32.2. The maximum atomic E-state index is 13.4. The highest BCUT2D eigenvalue weighted by molar-refractivity contribution is 7.89. The van der Waals surface area contributed by atoms with Crippen molar-refractivity contribution >= 4 is 16.1 Å². The molecule has 0 radical (unpaired) electrons. The zero-order valence-electron chi connectivity index (χ0n) is 23.0. The van der Waals surface area contributed by atoms with E-state index >= 15 is 0 Å². The second-order valence-corrected chi connectivity index (χ2v) is 13.9. The molecule has 1 aromatic carbocycles. The van der Waals surface area contributed by atoms with Gasteiger partial charge in [0.2, 0.25) is 10.0 Å². The van der Waals surface area contributed by atoms with Gasteiger partial charge in [-0.1, -0.05) is 12.1 Å². The van der Waals surface area contributed by atoms with Crippen molar-refractivity contribution in [1.82, 2.24) is 19.4 Å². The topological polar surface area (TPSA) is 91.4 Å². The van der Waals surface area contributed by atoms with Crippen LogP contribution in [0, 0.1) is 5.41 Å². The van der Waals surface area contributed by atoms with Crippen LogP contribution in [0.1, 0.15) is 58.9 Å². The van der Waals surface area contributed by atoms with Crippen LogP contribution in [0.4, 0.5) is 4.79 Å². The third-order valence-electron chi connectivity index (χ3n) is 7.95. The smallest absolute Gasteiger partial charge is 0.407 e. The molecular weight excluding hydrogens is 492 g/mol. The summed E-state index contributed by atoms with van der Waals surface area (Å²) in [5.41, 5.74) is 0.865. The highest BCUT2D eigenvalue weighted by Gasteiger charge is 2.45. The maximum absolute atomic E-state index is 13.4. The summed E-state index contributed by atoms with van der Waals surface area (Å²) in [5.74, 6) is 0. The van der Waals surface area contributed by atoms with Gasteiger partial charge in [0.1, 0.15) is 11.8 Å².